The number of rotatable bonds is 2. The Labute approximate surface area is 113 Å². The monoisotopic (exact) mass is 260 g/mol. The van der Waals surface area contributed by atoms with Crippen LogP contribution in [0, 0.1) is 12.8 Å². The highest BCUT2D eigenvalue weighted by atomic mass is 16.6. The van der Waals surface area contributed by atoms with Gasteiger partial charge in [-0.15, -0.1) is 0 Å². The van der Waals surface area contributed by atoms with Crippen LogP contribution in [-0.2, 0) is 4.74 Å². The van der Waals surface area contributed by atoms with E-state index in [1.165, 1.54) is 6.42 Å². The molecule has 1 aromatic rings. The summed E-state index contributed by atoms with van der Waals surface area (Å²) in [6, 6.07) is 8.25. The molecule has 0 aromatic heterocycles. The van der Waals surface area contributed by atoms with Gasteiger partial charge < -0.3 is 10.1 Å². The summed E-state index contributed by atoms with van der Waals surface area (Å²) in [6.45, 7) is 4.62. The predicted octanol–water partition coefficient (Wildman–Crippen LogP) is 2.32. The molecule has 2 atom stereocenters. The number of benzene rings is 1. The number of carbonyl (C=O) groups excluding carboxylic acids is 1. The molecular formula is C15H20N2O2. The van der Waals surface area contributed by atoms with Crippen molar-refractivity contribution in [3.63, 3.8) is 0 Å². The minimum Gasteiger partial charge on any atom is -0.447 e. The summed E-state index contributed by atoms with van der Waals surface area (Å²) in [5, 5.41) is 3.42. The van der Waals surface area contributed by atoms with Crippen LogP contribution in [0.25, 0.3) is 0 Å². The Hall–Kier alpha value is -1.55. The second kappa shape index (κ2) is 5.21. The molecule has 1 amide bonds. The number of cyclic esters (lactones) is 1. The quantitative estimate of drug-likeness (QED) is 0.887. The van der Waals surface area contributed by atoms with E-state index < -0.39 is 0 Å². The lowest BCUT2D eigenvalue weighted by Gasteiger charge is -2.32. The van der Waals surface area contributed by atoms with Crippen LogP contribution in [0.5, 0.6) is 0 Å². The zero-order chi connectivity index (χ0) is 13.2. The van der Waals surface area contributed by atoms with E-state index in [4.69, 9.17) is 4.74 Å². The molecule has 1 aromatic carbocycles. The highest BCUT2D eigenvalue weighted by molar-refractivity contribution is 5.90. The van der Waals surface area contributed by atoms with Crippen LogP contribution in [0.4, 0.5) is 10.5 Å². The second-order valence-corrected chi connectivity index (χ2v) is 5.46. The first-order valence-electron chi connectivity index (χ1n) is 6.99. The summed E-state index contributed by atoms with van der Waals surface area (Å²) in [6.07, 6.45) is 2.13. The first-order chi connectivity index (χ1) is 9.25. The Morgan fingerprint density at radius 1 is 1.42 bits per heavy atom. The van der Waals surface area contributed by atoms with Gasteiger partial charge >= 0.3 is 6.09 Å². The van der Waals surface area contributed by atoms with Gasteiger partial charge in [-0.05, 0) is 49.9 Å². The highest BCUT2D eigenvalue weighted by Crippen LogP contribution is 2.30. The molecule has 4 nitrogen and oxygen atoms in total. The molecule has 102 valence electrons. The van der Waals surface area contributed by atoms with Crippen molar-refractivity contribution >= 4 is 11.8 Å². The molecule has 2 aliphatic heterocycles. The van der Waals surface area contributed by atoms with Gasteiger partial charge in [-0.3, -0.25) is 4.90 Å². The fourth-order valence-corrected chi connectivity index (χ4v) is 3.06. The van der Waals surface area contributed by atoms with Crippen LogP contribution in [0.3, 0.4) is 0 Å². The molecule has 1 N–H and O–H groups in total. The molecule has 2 unspecified atom stereocenters. The van der Waals surface area contributed by atoms with Crippen LogP contribution in [0.15, 0.2) is 24.3 Å². The molecule has 2 fully saturated rings. The maximum atomic E-state index is 12.0. The number of nitrogens with one attached hydrogen (secondary N) is 1. The van der Waals surface area contributed by atoms with Crippen LogP contribution in [0.1, 0.15) is 18.4 Å². The largest absolute Gasteiger partial charge is 0.447 e. The van der Waals surface area contributed by atoms with E-state index in [2.05, 4.69) is 11.4 Å². The smallest absolute Gasteiger partial charge is 0.414 e. The summed E-state index contributed by atoms with van der Waals surface area (Å²) in [7, 11) is 0. The van der Waals surface area contributed by atoms with Crippen LogP contribution < -0.4 is 10.2 Å². The standard InChI is InChI=1S/C15H20N2O2/c1-11-4-2-6-13(8-11)17-14(10-19-15(17)18)12-5-3-7-16-9-12/h2,4,6,8,12,14,16H,3,5,7,9-10H2,1H3. The van der Waals surface area contributed by atoms with Gasteiger partial charge in [-0.2, -0.15) is 0 Å². The number of amides is 1. The van der Waals surface area contributed by atoms with E-state index in [1.54, 1.807) is 0 Å². The minimum absolute atomic E-state index is 0.169. The Kier molecular flexibility index (Phi) is 3.42. The molecule has 0 spiro atoms. The maximum Gasteiger partial charge on any atom is 0.414 e. The van der Waals surface area contributed by atoms with Gasteiger partial charge in [-0.25, -0.2) is 4.79 Å². The molecule has 0 bridgehead atoms. The van der Waals surface area contributed by atoms with Gasteiger partial charge in [0.1, 0.15) is 6.61 Å². The van der Waals surface area contributed by atoms with Gasteiger partial charge in [0.2, 0.25) is 0 Å². The molecule has 3 rings (SSSR count). The second-order valence-electron chi connectivity index (χ2n) is 5.46. The number of nitrogens with zero attached hydrogens (tertiary/aromatic N) is 1. The Morgan fingerprint density at radius 3 is 3.05 bits per heavy atom. The molecular weight excluding hydrogens is 240 g/mol. The number of ether oxygens (including phenoxy) is 1. The molecule has 0 radical (unpaired) electrons. The lowest BCUT2D eigenvalue weighted by molar-refractivity contribution is 0.174. The fraction of sp³-hybridized carbons (Fsp3) is 0.533. The summed E-state index contributed by atoms with van der Waals surface area (Å²) in [5.74, 6) is 0.487. The van der Waals surface area contributed by atoms with Gasteiger partial charge in [0.05, 0.1) is 6.04 Å². The van der Waals surface area contributed by atoms with Crippen LogP contribution in [-0.4, -0.2) is 31.8 Å². The number of aryl methyl sites for hydroxylation is 1. The minimum atomic E-state index is -0.207. The number of carbonyl (C=O) groups is 1. The normalized spacial score (nSPS) is 27.4. The Morgan fingerprint density at radius 2 is 2.32 bits per heavy atom. The van der Waals surface area contributed by atoms with E-state index in [0.29, 0.717) is 12.5 Å². The van der Waals surface area contributed by atoms with Crippen molar-refractivity contribution in [2.24, 2.45) is 5.92 Å². The highest BCUT2D eigenvalue weighted by Gasteiger charge is 2.39. The lowest BCUT2D eigenvalue weighted by Crippen LogP contribution is -2.45. The SMILES string of the molecule is Cc1cccc(N2C(=O)OCC2C2CCCNC2)c1. The zero-order valence-corrected chi connectivity index (χ0v) is 11.3. The third-order valence-electron chi connectivity index (χ3n) is 4.06. The third-order valence-corrected chi connectivity index (χ3v) is 4.06. The maximum absolute atomic E-state index is 12.0. The molecule has 0 aliphatic carbocycles. The number of anilines is 1. The molecule has 2 aliphatic rings. The van der Waals surface area contributed by atoms with Crippen molar-refractivity contribution in [1.29, 1.82) is 0 Å². The average Bonchev–Trinajstić information content (AvgIpc) is 2.82. The number of piperidine rings is 1. The van der Waals surface area contributed by atoms with E-state index in [-0.39, 0.29) is 12.1 Å². The molecule has 0 saturated carbocycles. The van der Waals surface area contributed by atoms with Gasteiger partial charge in [0.15, 0.2) is 0 Å². The van der Waals surface area contributed by atoms with Crippen LogP contribution in [0.2, 0.25) is 0 Å². The zero-order valence-electron chi connectivity index (χ0n) is 11.3. The number of hydrogen-bond acceptors (Lipinski definition) is 3. The predicted molar refractivity (Wildman–Crippen MR) is 74.4 cm³/mol. The van der Waals surface area contributed by atoms with Crippen molar-refractivity contribution < 1.29 is 9.53 Å². The third kappa shape index (κ3) is 2.45. The average molecular weight is 260 g/mol. The van der Waals surface area contributed by atoms with Gasteiger partial charge in [-0.1, -0.05) is 12.1 Å². The van der Waals surface area contributed by atoms with Crippen molar-refractivity contribution in [2.75, 3.05) is 24.6 Å². The van der Waals surface area contributed by atoms with E-state index >= 15 is 0 Å². The lowest BCUT2D eigenvalue weighted by atomic mass is 9.91. The first-order valence-corrected chi connectivity index (χ1v) is 6.99. The first kappa shape index (κ1) is 12.5. The summed E-state index contributed by atoms with van der Waals surface area (Å²) in [4.78, 5) is 13.9. The Bertz CT molecular complexity index is 469. The number of hydrogen-bond donors (Lipinski definition) is 1. The van der Waals surface area contributed by atoms with Crippen molar-refractivity contribution in [1.82, 2.24) is 5.32 Å². The van der Waals surface area contributed by atoms with Gasteiger partial charge in [0, 0.05) is 12.2 Å². The molecule has 4 heteroatoms. The summed E-state index contributed by atoms with van der Waals surface area (Å²) < 4.78 is 5.28. The van der Waals surface area contributed by atoms with Crippen molar-refractivity contribution in [2.45, 2.75) is 25.8 Å². The fourth-order valence-electron chi connectivity index (χ4n) is 3.06. The van der Waals surface area contributed by atoms with E-state index in [9.17, 15) is 4.79 Å². The summed E-state index contributed by atoms with van der Waals surface area (Å²) >= 11 is 0. The molecule has 2 heterocycles. The molecule has 2 saturated heterocycles. The van der Waals surface area contributed by atoms with Crippen LogP contribution >= 0.6 is 0 Å². The van der Waals surface area contributed by atoms with Crippen molar-refractivity contribution in [3.05, 3.63) is 29.8 Å². The molecule has 19 heavy (non-hydrogen) atoms. The van der Waals surface area contributed by atoms with E-state index in [1.807, 2.05) is 30.0 Å². The Balaban J connectivity index is 1.85. The topological polar surface area (TPSA) is 41.6 Å². The van der Waals surface area contributed by atoms with E-state index in [0.717, 1.165) is 30.8 Å². The van der Waals surface area contributed by atoms with Gasteiger partial charge in [0.25, 0.3) is 0 Å². The summed E-state index contributed by atoms with van der Waals surface area (Å²) in [5.41, 5.74) is 2.12. The van der Waals surface area contributed by atoms with Crippen molar-refractivity contribution in [3.8, 4) is 0 Å².